The third kappa shape index (κ3) is 3.81. The maximum atomic E-state index is 12.5. The smallest absolute Gasteiger partial charge is 0.331 e. The van der Waals surface area contributed by atoms with E-state index in [1.807, 2.05) is 0 Å². The first-order chi connectivity index (χ1) is 11.2. The Kier molecular flexibility index (Phi) is 5.97. The summed E-state index contributed by atoms with van der Waals surface area (Å²) in [7, 11) is 1.56. The van der Waals surface area contributed by atoms with Gasteiger partial charge in [-0.05, 0) is 31.0 Å². The van der Waals surface area contributed by atoms with Gasteiger partial charge in [0, 0.05) is 6.42 Å². The number of carbonyl (C=O) groups is 1. The van der Waals surface area contributed by atoms with Crippen molar-refractivity contribution in [1.82, 2.24) is 0 Å². The van der Waals surface area contributed by atoms with Crippen molar-refractivity contribution in [2.75, 3.05) is 26.9 Å². The minimum atomic E-state index is -1.38. The van der Waals surface area contributed by atoms with Crippen LogP contribution < -0.4 is 4.74 Å². The van der Waals surface area contributed by atoms with Crippen LogP contribution in [0.2, 0.25) is 0 Å². The second kappa shape index (κ2) is 7.95. The molecule has 6 heteroatoms. The third-order valence-corrected chi connectivity index (χ3v) is 3.84. The number of nitriles is 1. The van der Waals surface area contributed by atoms with Gasteiger partial charge in [-0.3, -0.25) is 0 Å². The first-order valence-corrected chi connectivity index (χ1v) is 7.62. The highest BCUT2D eigenvalue weighted by atomic mass is 16.7. The van der Waals surface area contributed by atoms with Crippen LogP contribution >= 0.6 is 0 Å². The van der Waals surface area contributed by atoms with E-state index in [0.717, 1.165) is 0 Å². The van der Waals surface area contributed by atoms with E-state index in [1.165, 1.54) is 0 Å². The standard InChI is InChI=1S/C17H21NO5/c1-3-21-16(19)17(12-18,9-8-15-22-10-11-23-15)13-4-6-14(20-2)7-5-13/h4-7,15H,3,8-11H2,1-2H3. The molecule has 1 aliphatic rings. The fourth-order valence-corrected chi connectivity index (χ4v) is 2.57. The Labute approximate surface area is 135 Å². The molecule has 1 fully saturated rings. The summed E-state index contributed by atoms with van der Waals surface area (Å²) in [4.78, 5) is 12.5. The van der Waals surface area contributed by atoms with Gasteiger partial charge in [0.05, 0.1) is 33.0 Å². The molecule has 0 radical (unpaired) electrons. The second-order valence-electron chi connectivity index (χ2n) is 5.18. The molecule has 0 amide bonds. The van der Waals surface area contributed by atoms with Crippen LogP contribution in [0.4, 0.5) is 0 Å². The average molecular weight is 319 g/mol. The van der Waals surface area contributed by atoms with Crippen LogP contribution in [0.1, 0.15) is 25.3 Å². The lowest BCUT2D eigenvalue weighted by molar-refractivity contribution is -0.148. The molecule has 23 heavy (non-hydrogen) atoms. The molecule has 0 aliphatic carbocycles. The molecule has 0 N–H and O–H groups in total. The largest absolute Gasteiger partial charge is 0.497 e. The molecular formula is C17H21NO5. The predicted octanol–water partition coefficient (Wildman–Crippen LogP) is 2.17. The van der Waals surface area contributed by atoms with Gasteiger partial charge in [-0.1, -0.05) is 12.1 Å². The molecule has 0 aromatic heterocycles. The number of methoxy groups -OCH3 is 1. The molecule has 1 unspecified atom stereocenters. The van der Waals surface area contributed by atoms with Gasteiger partial charge in [0.25, 0.3) is 0 Å². The summed E-state index contributed by atoms with van der Waals surface area (Å²) < 4.78 is 21.1. The third-order valence-electron chi connectivity index (χ3n) is 3.84. The molecule has 0 spiro atoms. The average Bonchev–Trinajstić information content (AvgIpc) is 3.10. The summed E-state index contributed by atoms with van der Waals surface area (Å²) in [5.41, 5.74) is -0.797. The quantitative estimate of drug-likeness (QED) is 0.717. The maximum Gasteiger partial charge on any atom is 0.331 e. The van der Waals surface area contributed by atoms with Crippen molar-refractivity contribution in [3.63, 3.8) is 0 Å². The first kappa shape index (κ1) is 17.3. The Morgan fingerprint density at radius 1 is 1.35 bits per heavy atom. The van der Waals surface area contributed by atoms with Crippen molar-refractivity contribution < 1.29 is 23.7 Å². The molecule has 0 bridgehead atoms. The number of hydrogen-bond donors (Lipinski definition) is 0. The van der Waals surface area contributed by atoms with Crippen LogP contribution in [-0.4, -0.2) is 39.2 Å². The summed E-state index contributed by atoms with van der Waals surface area (Å²) in [6, 6.07) is 9.04. The van der Waals surface area contributed by atoms with Crippen molar-refractivity contribution >= 4 is 5.97 Å². The van der Waals surface area contributed by atoms with Crippen LogP contribution in [0.5, 0.6) is 5.75 Å². The van der Waals surface area contributed by atoms with Gasteiger partial charge in [-0.25, -0.2) is 4.79 Å². The zero-order valence-corrected chi connectivity index (χ0v) is 13.4. The number of rotatable bonds is 7. The molecule has 1 aliphatic heterocycles. The first-order valence-electron chi connectivity index (χ1n) is 7.62. The van der Waals surface area contributed by atoms with E-state index < -0.39 is 11.4 Å². The SMILES string of the molecule is CCOC(=O)C(C#N)(CCC1OCCO1)c1ccc(OC)cc1. The van der Waals surface area contributed by atoms with Crippen molar-refractivity contribution in [1.29, 1.82) is 5.26 Å². The number of hydrogen-bond acceptors (Lipinski definition) is 6. The number of nitrogens with zero attached hydrogens (tertiary/aromatic N) is 1. The van der Waals surface area contributed by atoms with Crippen molar-refractivity contribution in [2.45, 2.75) is 31.5 Å². The maximum absolute atomic E-state index is 12.5. The Bertz CT molecular complexity index is 559. The van der Waals surface area contributed by atoms with E-state index in [1.54, 1.807) is 38.3 Å². The van der Waals surface area contributed by atoms with Gasteiger partial charge in [-0.15, -0.1) is 0 Å². The fourth-order valence-electron chi connectivity index (χ4n) is 2.57. The molecule has 1 aromatic carbocycles. The van der Waals surface area contributed by atoms with E-state index in [4.69, 9.17) is 18.9 Å². The number of ether oxygens (including phenoxy) is 4. The van der Waals surface area contributed by atoms with E-state index in [0.29, 0.717) is 30.9 Å². The molecule has 0 saturated carbocycles. The van der Waals surface area contributed by atoms with Gasteiger partial charge in [0.15, 0.2) is 11.7 Å². The minimum Gasteiger partial charge on any atom is -0.497 e. The summed E-state index contributed by atoms with van der Waals surface area (Å²) in [5, 5.41) is 9.76. The molecule has 2 rings (SSSR count). The lowest BCUT2D eigenvalue weighted by Gasteiger charge is -2.26. The Hall–Kier alpha value is -2.10. The Morgan fingerprint density at radius 2 is 2.00 bits per heavy atom. The summed E-state index contributed by atoms with van der Waals surface area (Å²) in [6.45, 7) is 3.00. The summed E-state index contributed by atoms with van der Waals surface area (Å²) >= 11 is 0. The van der Waals surface area contributed by atoms with Gasteiger partial charge in [0.2, 0.25) is 0 Å². The van der Waals surface area contributed by atoms with E-state index >= 15 is 0 Å². The second-order valence-corrected chi connectivity index (χ2v) is 5.18. The number of carbonyl (C=O) groups excluding carboxylic acids is 1. The van der Waals surface area contributed by atoms with Gasteiger partial charge in [0.1, 0.15) is 5.75 Å². The zero-order chi connectivity index (χ0) is 16.7. The van der Waals surface area contributed by atoms with Gasteiger partial charge in [-0.2, -0.15) is 5.26 Å². The van der Waals surface area contributed by atoms with Crippen molar-refractivity contribution in [2.24, 2.45) is 0 Å². The van der Waals surface area contributed by atoms with Crippen molar-refractivity contribution in [3.05, 3.63) is 29.8 Å². The Balaban J connectivity index is 2.27. The molecule has 1 heterocycles. The van der Waals surface area contributed by atoms with Gasteiger partial charge >= 0.3 is 5.97 Å². The molecule has 1 atom stereocenters. The normalized spacial score (nSPS) is 17.3. The zero-order valence-electron chi connectivity index (χ0n) is 13.4. The summed E-state index contributed by atoms with van der Waals surface area (Å²) in [5.74, 6) is 0.109. The van der Waals surface area contributed by atoms with E-state index in [-0.39, 0.29) is 19.3 Å². The van der Waals surface area contributed by atoms with Gasteiger partial charge < -0.3 is 18.9 Å². The predicted molar refractivity (Wildman–Crippen MR) is 81.8 cm³/mol. The monoisotopic (exact) mass is 319 g/mol. The molecular weight excluding hydrogens is 298 g/mol. The highest BCUT2D eigenvalue weighted by Gasteiger charge is 2.43. The number of benzene rings is 1. The van der Waals surface area contributed by atoms with Crippen LogP contribution in [0.3, 0.4) is 0 Å². The van der Waals surface area contributed by atoms with Crippen LogP contribution in [-0.2, 0) is 24.4 Å². The highest BCUT2D eigenvalue weighted by Crippen LogP contribution is 2.33. The minimum absolute atomic E-state index is 0.217. The molecule has 1 aromatic rings. The van der Waals surface area contributed by atoms with Crippen LogP contribution in [0.15, 0.2) is 24.3 Å². The van der Waals surface area contributed by atoms with Crippen LogP contribution in [0.25, 0.3) is 0 Å². The molecule has 124 valence electrons. The highest BCUT2D eigenvalue weighted by molar-refractivity contribution is 5.86. The lowest BCUT2D eigenvalue weighted by Crippen LogP contribution is -2.37. The summed E-state index contributed by atoms with van der Waals surface area (Å²) in [6.07, 6.45) is 0.327. The molecule has 6 nitrogen and oxygen atoms in total. The van der Waals surface area contributed by atoms with E-state index in [2.05, 4.69) is 6.07 Å². The van der Waals surface area contributed by atoms with E-state index in [9.17, 15) is 10.1 Å². The topological polar surface area (TPSA) is 77.8 Å². The van der Waals surface area contributed by atoms with Crippen molar-refractivity contribution in [3.8, 4) is 11.8 Å². The van der Waals surface area contributed by atoms with Crippen LogP contribution in [0, 0.1) is 11.3 Å². The Morgan fingerprint density at radius 3 is 2.52 bits per heavy atom. The number of esters is 1. The fraction of sp³-hybridized carbons (Fsp3) is 0.529. The molecule has 1 saturated heterocycles. The lowest BCUT2D eigenvalue weighted by atomic mass is 9.77.